The number of aromatic nitrogens is 2. The number of para-hydroxylation sites is 2. The number of nitrogens with zero attached hydrogens (tertiary/aromatic N) is 4. The number of fused-ring (bicyclic) bond motifs is 2. The first kappa shape index (κ1) is 28.0. The Hall–Kier alpha value is -2.53. The lowest BCUT2D eigenvalue weighted by Crippen LogP contribution is -2.32. The van der Waals surface area contributed by atoms with Crippen LogP contribution in [0.25, 0.3) is 21.8 Å². The van der Waals surface area contributed by atoms with E-state index in [9.17, 15) is 15.3 Å². The highest BCUT2D eigenvalue weighted by Gasteiger charge is 2.15. The van der Waals surface area contributed by atoms with Crippen LogP contribution in [0.4, 0.5) is 11.6 Å². The van der Waals surface area contributed by atoms with Gasteiger partial charge < -0.3 is 25.1 Å². The van der Waals surface area contributed by atoms with E-state index in [4.69, 9.17) is 9.97 Å². The van der Waals surface area contributed by atoms with Gasteiger partial charge in [-0.1, -0.05) is 24.3 Å². The van der Waals surface area contributed by atoms with Crippen molar-refractivity contribution in [3.63, 3.8) is 0 Å². The lowest BCUT2D eigenvalue weighted by Gasteiger charge is -2.26. The van der Waals surface area contributed by atoms with Crippen LogP contribution in [0.5, 0.6) is 11.5 Å². The number of phenols is 2. The molecule has 0 radical (unpaired) electrons. The van der Waals surface area contributed by atoms with Gasteiger partial charge in [-0.25, -0.2) is 9.97 Å². The summed E-state index contributed by atoms with van der Waals surface area (Å²) in [6.07, 6.45) is -0.350. The van der Waals surface area contributed by atoms with Gasteiger partial charge in [0.25, 0.3) is 0 Å². The fourth-order valence-electron chi connectivity index (χ4n) is 4.56. The number of phenolic OH excluding ortho intramolecular Hbond substituents is 2. The minimum absolute atomic E-state index is 0.198. The predicted octanol–water partition coefficient (Wildman–Crippen LogP) is 5.08. The van der Waals surface area contributed by atoms with Crippen molar-refractivity contribution in [3.05, 3.63) is 60.7 Å². The highest BCUT2D eigenvalue weighted by atomic mass is 32.2. The largest absolute Gasteiger partial charge is 0.506 e. The van der Waals surface area contributed by atoms with Crippen molar-refractivity contribution in [3.8, 4) is 11.5 Å². The van der Waals surface area contributed by atoms with Crippen LogP contribution in [-0.2, 0) is 0 Å². The van der Waals surface area contributed by atoms with Crippen molar-refractivity contribution in [2.75, 3.05) is 70.5 Å². The quantitative estimate of drug-likeness (QED) is 0.297. The maximum Gasteiger partial charge on any atom is 0.141 e. The summed E-state index contributed by atoms with van der Waals surface area (Å²) in [5.41, 5.74) is 1.25. The van der Waals surface area contributed by atoms with E-state index in [2.05, 4.69) is 9.80 Å². The molecule has 2 aromatic carbocycles. The van der Waals surface area contributed by atoms with Crippen LogP contribution in [0.1, 0.15) is 0 Å². The minimum atomic E-state index is -0.350. The highest BCUT2D eigenvalue weighted by Crippen LogP contribution is 2.27. The lowest BCUT2D eigenvalue weighted by molar-refractivity contribution is 0.225. The van der Waals surface area contributed by atoms with Crippen molar-refractivity contribution >= 4 is 68.7 Å². The van der Waals surface area contributed by atoms with Crippen LogP contribution >= 0.6 is 35.3 Å². The molecule has 0 bridgehead atoms. The molecule has 3 heterocycles. The molecule has 0 aliphatic carbocycles. The standard InChI is InChI=1S/C29H34N4O3S3/c34-23-19-38-17-13-32(26-9-7-21-3-1-5-24(35)28(21)30-26)11-15-37-16-12-33(14-18-39-20-23)27-10-8-22-4-2-6-25(36)29(22)31-27/h1-10,23,34-36H,11-20H2. The van der Waals surface area contributed by atoms with Crippen LogP contribution in [0.2, 0.25) is 0 Å². The lowest BCUT2D eigenvalue weighted by atomic mass is 10.2. The predicted molar refractivity (Wildman–Crippen MR) is 169 cm³/mol. The minimum Gasteiger partial charge on any atom is -0.506 e. The number of aliphatic hydroxyl groups is 1. The summed E-state index contributed by atoms with van der Waals surface area (Å²) >= 11 is 5.45. The third-order valence-electron chi connectivity index (χ3n) is 6.66. The average Bonchev–Trinajstić information content (AvgIpc) is 2.94. The van der Waals surface area contributed by atoms with Gasteiger partial charge in [-0.3, -0.25) is 0 Å². The van der Waals surface area contributed by atoms with Crippen molar-refractivity contribution in [1.82, 2.24) is 9.97 Å². The van der Waals surface area contributed by atoms with Gasteiger partial charge in [0, 0.05) is 71.5 Å². The molecule has 2 aromatic heterocycles. The van der Waals surface area contributed by atoms with E-state index in [1.807, 2.05) is 60.3 Å². The molecule has 0 amide bonds. The second kappa shape index (κ2) is 13.7. The number of thioether (sulfide) groups is 3. The molecule has 1 saturated heterocycles. The second-order valence-corrected chi connectivity index (χ2v) is 13.0. The zero-order chi connectivity index (χ0) is 27.0. The Morgan fingerprint density at radius 3 is 1.49 bits per heavy atom. The van der Waals surface area contributed by atoms with Crippen LogP contribution in [0.3, 0.4) is 0 Å². The fraction of sp³-hybridized carbons (Fsp3) is 0.379. The normalized spacial score (nSPS) is 17.6. The fourth-order valence-corrected chi connectivity index (χ4v) is 7.43. The zero-order valence-electron chi connectivity index (χ0n) is 21.8. The van der Waals surface area contributed by atoms with Crippen LogP contribution in [0.15, 0.2) is 60.7 Å². The molecular formula is C29H34N4O3S3. The molecule has 1 aliphatic rings. The van der Waals surface area contributed by atoms with Gasteiger partial charge in [0.15, 0.2) is 0 Å². The third kappa shape index (κ3) is 7.36. The van der Waals surface area contributed by atoms with Gasteiger partial charge in [-0.05, 0) is 36.4 Å². The average molecular weight is 583 g/mol. The molecule has 7 nitrogen and oxygen atoms in total. The summed E-state index contributed by atoms with van der Waals surface area (Å²) in [6, 6.07) is 19.0. The maximum absolute atomic E-state index is 10.5. The molecule has 10 heteroatoms. The Balaban J connectivity index is 1.29. The van der Waals surface area contributed by atoms with Gasteiger partial charge in [0.1, 0.15) is 34.2 Å². The highest BCUT2D eigenvalue weighted by molar-refractivity contribution is 8.00. The Morgan fingerprint density at radius 1 is 0.590 bits per heavy atom. The van der Waals surface area contributed by atoms with Crippen LogP contribution in [-0.4, -0.2) is 92.1 Å². The number of anilines is 2. The summed E-state index contributed by atoms with van der Waals surface area (Å²) < 4.78 is 0. The van der Waals surface area contributed by atoms with E-state index in [-0.39, 0.29) is 17.6 Å². The summed E-state index contributed by atoms with van der Waals surface area (Å²) in [7, 11) is 0. The van der Waals surface area contributed by atoms with Gasteiger partial charge in [-0.15, -0.1) is 0 Å². The SMILES string of the molecule is Oc1cccc2ccc(N3CCSCCN(c4ccc5cccc(O)c5n4)CCSCC(O)CSCC3)nc12. The molecule has 0 spiro atoms. The first-order valence-corrected chi connectivity index (χ1v) is 16.6. The molecule has 1 fully saturated rings. The summed E-state index contributed by atoms with van der Waals surface area (Å²) in [6.45, 7) is 3.34. The summed E-state index contributed by atoms with van der Waals surface area (Å²) in [5.74, 6) is 7.24. The number of hydrogen-bond acceptors (Lipinski definition) is 10. The second-order valence-electron chi connectivity index (χ2n) is 9.43. The maximum atomic E-state index is 10.5. The van der Waals surface area contributed by atoms with Crippen molar-refractivity contribution in [1.29, 1.82) is 0 Å². The monoisotopic (exact) mass is 582 g/mol. The summed E-state index contributed by atoms with van der Waals surface area (Å²) in [4.78, 5) is 14.2. The van der Waals surface area contributed by atoms with Crippen molar-refractivity contribution < 1.29 is 15.3 Å². The van der Waals surface area contributed by atoms with E-state index in [0.29, 0.717) is 22.5 Å². The number of pyridine rings is 2. The molecule has 5 rings (SSSR count). The first-order chi connectivity index (χ1) is 19.1. The molecule has 206 valence electrons. The van der Waals surface area contributed by atoms with Gasteiger partial charge >= 0.3 is 0 Å². The summed E-state index contributed by atoms with van der Waals surface area (Å²) in [5, 5.41) is 33.0. The molecular weight excluding hydrogens is 549 g/mol. The number of rotatable bonds is 2. The van der Waals surface area contributed by atoms with E-state index >= 15 is 0 Å². The Labute approximate surface area is 242 Å². The van der Waals surface area contributed by atoms with Crippen LogP contribution in [0, 0.1) is 0 Å². The van der Waals surface area contributed by atoms with Gasteiger partial charge in [-0.2, -0.15) is 35.3 Å². The first-order valence-electron chi connectivity index (χ1n) is 13.2. The third-order valence-corrected chi connectivity index (χ3v) is 9.79. The van der Waals surface area contributed by atoms with Gasteiger partial charge in [0.2, 0.25) is 0 Å². The number of aromatic hydroxyl groups is 2. The number of hydrogen-bond donors (Lipinski definition) is 3. The van der Waals surface area contributed by atoms with Crippen molar-refractivity contribution in [2.45, 2.75) is 6.10 Å². The van der Waals surface area contributed by atoms with Gasteiger partial charge in [0.05, 0.1) is 6.10 Å². The number of benzene rings is 2. The van der Waals surface area contributed by atoms with E-state index < -0.39 is 0 Å². The Morgan fingerprint density at radius 2 is 1.03 bits per heavy atom. The smallest absolute Gasteiger partial charge is 0.141 e. The molecule has 0 atom stereocenters. The number of aliphatic hydroxyl groups excluding tert-OH is 1. The molecule has 4 aromatic rings. The van der Waals surface area contributed by atoms with Crippen LogP contribution < -0.4 is 9.80 Å². The van der Waals surface area contributed by atoms with E-state index in [0.717, 1.165) is 71.6 Å². The molecule has 3 N–H and O–H groups in total. The zero-order valence-corrected chi connectivity index (χ0v) is 24.2. The molecule has 1 aliphatic heterocycles. The topological polar surface area (TPSA) is 93.0 Å². The molecule has 39 heavy (non-hydrogen) atoms. The Kier molecular flexibility index (Phi) is 9.84. The molecule has 0 saturated carbocycles. The van der Waals surface area contributed by atoms with E-state index in [1.165, 1.54) is 0 Å². The van der Waals surface area contributed by atoms with E-state index in [1.54, 1.807) is 35.7 Å². The van der Waals surface area contributed by atoms with Crippen molar-refractivity contribution in [2.24, 2.45) is 0 Å². The Bertz CT molecular complexity index is 1290. The molecule has 0 unspecified atom stereocenters.